The number of nitrogens with zero attached hydrogens (tertiary/aromatic N) is 2. The summed E-state index contributed by atoms with van der Waals surface area (Å²) in [7, 11) is 1.78. The van der Waals surface area contributed by atoms with Crippen molar-refractivity contribution in [2.45, 2.75) is 13.5 Å². The summed E-state index contributed by atoms with van der Waals surface area (Å²) in [5.74, 6) is -0.211. The first-order valence-corrected chi connectivity index (χ1v) is 10.1. The fourth-order valence-electron chi connectivity index (χ4n) is 3.28. The first-order valence-electron chi connectivity index (χ1n) is 10.1. The van der Waals surface area contributed by atoms with E-state index >= 15 is 0 Å². The summed E-state index contributed by atoms with van der Waals surface area (Å²) in [6, 6.07) is 26.8. The van der Waals surface area contributed by atoms with Crippen molar-refractivity contribution in [1.82, 2.24) is 4.90 Å². The zero-order chi connectivity index (χ0) is 21.3. The van der Waals surface area contributed by atoms with Gasteiger partial charge in [-0.3, -0.25) is 9.59 Å². The quantitative estimate of drug-likeness (QED) is 0.608. The number of anilines is 2. The van der Waals surface area contributed by atoms with E-state index in [9.17, 15) is 9.59 Å². The Labute approximate surface area is 177 Å². The lowest BCUT2D eigenvalue weighted by molar-refractivity contribution is -0.115. The van der Waals surface area contributed by atoms with Gasteiger partial charge in [-0.2, -0.15) is 0 Å². The van der Waals surface area contributed by atoms with Crippen LogP contribution in [0, 0.1) is 0 Å². The van der Waals surface area contributed by atoms with Gasteiger partial charge in [-0.15, -0.1) is 0 Å². The van der Waals surface area contributed by atoms with Gasteiger partial charge < -0.3 is 15.1 Å². The summed E-state index contributed by atoms with van der Waals surface area (Å²) in [6.45, 7) is 3.51. The van der Waals surface area contributed by atoms with Gasteiger partial charge in [0.05, 0.1) is 6.54 Å². The SMILES string of the molecule is CCN(CC(=O)Nc1cccc(C(=O)N(C)Cc2ccccc2)c1)c1ccccc1. The van der Waals surface area contributed by atoms with Crippen molar-refractivity contribution in [1.29, 1.82) is 0 Å². The predicted octanol–water partition coefficient (Wildman–Crippen LogP) is 4.42. The van der Waals surface area contributed by atoms with Gasteiger partial charge in [0.25, 0.3) is 5.91 Å². The molecule has 3 rings (SSSR count). The van der Waals surface area contributed by atoms with Crippen molar-refractivity contribution in [2.24, 2.45) is 0 Å². The fraction of sp³-hybridized carbons (Fsp3) is 0.200. The molecule has 0 atom stereocenters. The van der Waals surface area contributed by atoms with Crippen molar-refractivity contribution in [3.63, 3.8) is 0 Å². The van der Waals surface area contributed by atoms with Crippen molar-refractivity contribution < 1.29 is 9.59 Å². The lowest BCUT2D eigenvalue weighted by atomic mass is 10.1. The number of hydrogen-bond donors (Lipinski definition) is 1. The highest BCUT2D eigenvalue weighted by Gasteiger charge is 2.14. The van der Waals surface area contributed by atoms with Crippen LogP contribution >= 0.6 is 0 Å². The third-order valence-electron chi connectivity index (χ3n) is 4.84. The second-order valence-corrected chi connectivity index (χ2v) is 7.13. The van der Waals surface area contributed by atoms with E-state index in [1.807, 2.05) is 72.5 Å². The lowest BCUT2D eigenvalue weighted by Crippen LogP contribution is -2.33. The van der Waals surface area contributed by atoms with Gasteiger partial charge in [0, 0.05) is 37.1 Å². The minimum Gasteiger partial charge on any atom is -0.362 e. The van der Waals surface area contributed by atoms with Crippen LogP contribution in [-0.2, 0) is 11.3 Å². The van der Waals surface area contributed by atoms with Gasteiger partial charge in [0.1, 0.15) is 0 Å². The van der Waals surface area contributed by atoms with Crippen LogP contribution in [0.2, 0.25) is 0 Å². The molecule has 0 aliphatic heterocycles. The summed E-state index contributed by atoms with van der Waals surface area (Å²) in [4.78, 5) is 29.0. The standard InChI is InChI=1S/C25H27N3O2/c1-3-28(23-15-8-5-9-16-23)19-24(29)26-22-14-10-13-21(17-22)25(30)27(2)18-20-11-6-4-7-12-20/h4-17H,3,18-19H2,1-2H3,(H,26,29). The molecule has 0 aromatic heterocycles. The number of likely N-dealkylation sites (N-methyl/N-ethyl adjacent to an activating group) is 1. The highest BCUT2D eigenvalue weighted by Crippen LogP contribution is 2.16. The van der Waals surface area contributed by atoms with E-state index in [-0.39, 0.29) is 18.4 Å². The van der Waals surface area contributed by atoms with E-state index in [0.717, 1.165) is 17.8 Å². The molecule has 2 amide bonds. The molecule has 0 spiro atoms. The molecule has 0 saturated carbocycles. The fourth-order valence-corrected chi connectivity index (χ4v) is 3.28. The largest absolute Gasteiger partial charge is 0.362 e. The molecule has 5 heteroatoms. The molecule has 5 nitrogen and oxygen atoms in total. The van der Waals surface area contributed by atoms with E-state index in [4.69, 9.17) is 0 Å². The van der Waals surface area contributed by atoms with Crippen LogP contribution in [0.3, 0.4) is 0 Å². The van der Waals surface area contributed by atoms with Crippen molar-refractivity contribution in [2.75, 3.05) is 30.4 Å². The van der Waals surface area contributed by atoms with Crippen LogP contribution in [0.4, 0.5) is 11.4 Å². The molecule has 3 aromatic carbocycles. The number of carbonyl (C=O) groups excluding carboxylic acids is 2. The Bertz CT molecular complexity index is 974. The van der Waals surface area contributed by atoms with Crippen LogP contribution < -0.4 is 10.2 Å². The first kappa shape index (κ1) is 21.1. The predicted molar refractivity (Wildman–Crippen MR) is 122 cm³/mol. The van der Waals surface area contributed by atoms with Gasteiger partial charge in [-0.1, -0.05) is 54.6 Å². The number of amides is 2. The monoisotopic (exact) mass is 401 g/mol. The molecule has 0 radical (unpaired) electrons. The van der Waals surface area contributed by atoms with Gasteiger partial charge in [-0.05, 0) is 42.8 Å². The smallest absolute Gasteiger partial charge is 0.253 e. The number of benzene rings is 3. The van der Waals surface area contributed by atoms with E-state index in [1.165, 1.54) is 0 Å². The molecule has 154 valence electrons. The van der Waals surface area contributed by atoms with E-state index in [1.54, 1.807) is 36.2 Å². The Morgan fingerprint density at radius 3 is 2.20 bits per heavy atom. The topological polar surface area (TPSA) is 52.7 Å². The summed E-state index contributed by atoms with van der Waals surface area (Å²) in [6.07, 6.45) is 0. The maximum Gasteiger partial charge on any atom is 0.253 e. The molecule has 0 aliphatic rings. The summed E-state index contributed by atoms with van der Waals surface area (Å²) in [5, 5.41) is 2.91. The Morgan fingerprint density at radius 2 is 1.53 bits per heavy atom. The zero-order valence-corrected chi connectivity index (χ0v) is 17.4. The molecular weight excluding hydrogens is 374 g/mol. The molecule has 0 unspecified atom stereocenters. The number of hydrogen-bond acceptors (Lipinski definition) is 3. The van der Waals surface area contributed by atoms with Crippen molar-refractivity contribution >= 4 is 23.2 Å². The molecule has 0 saturated heterocycles. The Morgan fingerprint density at radius 1 is 0.867 bits per heavy atom. The minimum absolute atomic E-state index is 0.0885. The van der Waals surface area contributed by atoms with Crippen molar-refractivity contribution in [3.05, 3.63) is 96.1 Å². The van der Waals surface area contributed by atoms with Gasteiger partial charge in [0.2, 0.25) is 5.91 Å². The maximum absolute atomic E-state index is 12.8. The molecule has 0 heterocycles. The van der Waals surface area contributed by atoms with Crippen LogP contribution in [-0.4, -0.2) is 36.9 Å². The molecule has 0 fully saturated rings. The summed E-state index contributed by atoms with van der Waals surface area (Å²) >= 11 is 0. The van der Waals surface area contributed by atoms with Crippen molar-refractivity contribution in [3.8, 4) is 0 Å². The number of nitrogens with one attached hydrogen (secondary N) is 1. The van der Waals surface area contributed by atoms with Gasteiger partial charge in [-0.25, -0.2) is 0 Å². The molecule has 30 heavy (non-hydrogen) atoms. The van der Waals surface area contributed by atoms with E-state index in [0.29, 0.717) is 17.8 Å². The Kier molecular flexibility index (Phi) is 7.22. The number of rotatable bonds is 8. The molecule has 0 bridgehead atoms. The number of para-hydroxylation sites is 1. The van der Waals surface area contributed by atoms with E-state index in [2.05, 4.69) is 5.32 Å². The molecular formula is C25H27N3O2. The normalized spacial score (nSPS) is 10.3. The second kappa shape index (κ2) is 10.3. The highest BCUT2D eigenvalue weighted by atomic mass is 16.2. The van der Waals surface area contributed by atoms with Crippen LogP contribution in [0.15, 0.2) is 84.9 Å². The average molecular weight is 402 g/mol. The van der Waals surface area contributed by atoms with Crippen LogP contribution in [0.5, 0.6) is 0 Å². The molecule has 1 N–H and O–H groups in total. The highest BCUT2D eigenvalue weighted by molar-refractivity contribution is 5.98. The summed E-state index contributed by atoms with van der Waals surface area (Å²) in [5.41, 5.74) is 3.23. The second-order valence-electron chi connectivity index (χ2n) is 7.13. The van der Waals surface area contributed by atoms with Gasteiger partial charge in [0.15, 0.2) is 0 Å². The summed E-state index contributed by atoms with van der Waals surface area (Å²) < 4.78 is 0. The molecule has 0 aliphatic carbocycles. The average Bonchev–Trinajstić information content (AvgIpc) is 2.78. The maximum atomic E-state index is 12.8. The minimum atomic E-state index is -0.122. The zero-order valence-electron chi connectivity index (χ0n) is 17.4. The Balaban J connectivity index is 1.63. The Hall–Kier alpha value is -3.60. The lowest BCUT2D eigenvalue weighted by Gasteiger charge is -2.22. The van der Waals surface area contributed by atoms with Crippen LogP contribution in [0.1, 0.15) is 22.8 Å². The number of carbonyl (C=O) groups is 2. The third-order valence-corrected chi connectivity index (χ3v) is 4.84. The van der Waals surface area contributed by atoms with Gasteiger partial charge >= 0.3 is 0 Å². The molecule has 3 aromatic rings. The van der Waals surface area contributed by atoms with Crippen LogP contribution in [0.25, 0.3) is 0 Å². The van der Waals surface area contributed by atoms with E-state index < -0.39 is 0 Å². The first-order chi connectivity index (χ1) is 14.6. The third kappa shape index (κ3) is 5.70.